The highest BCUT2D eigenvalue weighted by atomic mass is 16.1. The van der Waals surface area contributed by atoms with Crippen molar-refractivity contribution >= 4 is 12.2 Å². The number of unbranched alkanes of at least 4 members (excludes halogenated alkanes) is 1. The minimum absolute atomic E-state index is 0.258. The molecule has 0 aliphatic heterocycles. The summed E-state index contributed by atoms with van der Waals surface area (Å²) in [6.07, 6.45) is 3.44. The van der Waals surface area contributed by atoms with Gasteiger partial charge in [0, 0.05) is 13.0 Å². The Hall–Kier alpha value is -0.900. The maximum absolute atomic E-state index is 10.6. The molecule has 1 amide bonds. The van der Waals surface area contributed by atoms with Gasteiger partial charge in [0.05, 0.1) is 6.54 Å². The third-order valence-electron chi connectivity index (χ3n) is 1.77. The Morgan fingerprint density at radius 2 is 2.15 bits per heavy atom. The summed E-state index contributed by atoms with van der Waals surface area (Å²) in [6, 6.07) is 0. The molecule has 0 heterocycles. The second-order valence-electron chi connectivity index (χ2n) is 3.05. The van der Waals surface area contributed by atoms with Gasteiger partial charge in [0.2, 0.25) is 5.91 Å². The summed E-state index contributed by atoms with van der Waals surface area (Å²) in [6.45, 7) is 3.82. The van der Waals surface area contributed by atoms with Crippen molar-refractivity contribution in [3.05, 3.63) is 0 Å². The number of nitrogens with zero attached hydrogens (tertiary/aromatic N) is 1. The molecule has 0 aliphatic rings. The molecule has 0 rings (SSSR count). The second-order valence-corrected chi connectivity index (χ2v) is 3.05. The summed E-state index contributed by atoms with van der Waals surface area (Å²) in [5.41, 5.74) is 5.07. The van der Waals surface area contributed by atoms with Crippen LogP contribution in [0.1, 0.15) is 26.2 Å². The lowest BCUT2D eigenvalue weighted by molar-refractivity contribution is -0.119. The number of primary amides is 1. The maximum atomic E-state index is 10.6. The van der Waals surface area contributed by atoms with Gasteiger partial charge in [-0.1, -0.05) is 13.3 Å². The lowest BCUT2D eigenvalue weighted by Crippen LogP contribution is -2.35. The van der Waals surface area contributed by atoms with Crippen LogP contribution < -0.4 is 5.73 Å². The predicted octanol–water partition coefficient (Wildman–Crippen LogP) is 0.163. The fourth-order valence-corrected chi connectivity index (χ4v) is 1.11. The van der Waals surface area contributed by atoms with Crippen LogP contribution in [-0.2, 0) is 9.59 Å². The summed E-state index contributed by atoms with van der Waals surface area (Å²) in [4.78, 5) is 22.7. The van der Waals surface area contributed by atoms with Crippen molar-refractivity contribution in [1.29, 1.82) is 0 Å². The number of carbonyl (C=O) groups excluding carboxylic acids is 2. The van der Waals surface area contributed by atoms with Gasteiger partial charge in [0.25, 0.3) is 0 Å². The number of nitrogens with two attached hydrogens (primary N) is 1. The molecule has 13 heavy (non-hydrogen) atoms. The lowest BCUT2D eigenvalue weighted by Gasteiger charge is -2.18. The van der Waals surface area contributed by atoms with E-state index in [4.69, 9.17) is 5.73 Å². The van der Waals surface area contributed by atoms with Crippen LogP contribution in [-0.4, -0.2) is 36.7 Å². The van der Waals surface area contributed by atoms with Crippen molar-refractivity contribution in [3.8, 4) is 0 Å². The van der Waals surface area contributed by atoms with Crippen molar-refractivity contribution in [3.63, 3.8) is 0 Å². The number of aldehydes is 1. The van der Waals surface area contributed by atoms with Crippen molar-refractivity contribution in [2.75, 3.05) is 19.6 Å². The maximum Gasteiger partial charge on any atom is 0.231 e. The van der Waals surface area contributed by atoms with Gasteiger partial charge < -0.3 is 10.5 Å². The molecule has 4 heteroatoms. The van der Waals surface area contributed by atoms with Gasteiger partial charge in [-0.15, -0.1) is 0 Å². The molecule has 0 atom stereocenters. The van der Waals surface area contributed by atoms with E-state index in [0.29, 0.717) is 13.0 Å². The third kappa shape index (κ3) is 7.46. The zero-order valence-electron chi connectivity index (χ0n) is 8.16. The quantitative estimate of drug-likeness (QED) is 0.549. The largest absolute Gasteiger partial charge is 0.369 e. The first-order valence-corrected chi connectivity index (χ1v) is 4.65. The number of hydrogen-bond acceptors (Lipinski definition) is 3. The normalized spacial score (nSPS) is 10.3. The molecule has 0 fully saturated rings. The molecule has 0 saturated carbocycles. The smallest absolute Gasteiger partial charge is 0.231 e. The molecule has 4 nitrogen and oxygen atoms in total. The number of rotatable bonds is 8. The van der Waals surface area contributed by atoms with E-state index in [1.54, 1.807) is 0 Å². The zero-order valence-corrected chi connectivity index (χ0v) is 8.16. The van der Waals surface area contributed by atoms with E-state index in [9.17, 15) is 9.59 Å². The number of hydrogen-bond donors (Lipinski definition) is 1. The topological polar surface area (TPSA) is 63.4 Å². The minimum atomic E-state index is -0.331. The average molecular weight is 186 g/mol. The Morgan fingerprint density at radius 1 is 1.46 bits per heavy atom. The van der Waals surface area contributed by atoms with Crippen LogP contribution in [0.3, 0.4) is 0 Å². The van der Waals surface area contributed by atoms with Gasteiger partial charge in [-0.25, -0.2) is 0 Å². The van der Waals surface area contributed by atoms with Crippen LogP contribution in [0.25, 0.3) is 0 Å². The Balaban J connectivity index is 3.72. The van der Waals surface area contributed by atoms with Crippen molar-refractivity contribution in [1.82, 2.24) is 4.90 Å². The summed E-state index contributed by atoms with van der Waals surface area (Å²) in [5.74, 6) is -0.331. The zero-order chi connectivity index (χ0) is 10.1. The molecular weight excluding hydrogens is 168 g/mol. The molecule has 0 aliphatic carbocycles. The van der Waals surface area contributed by atoms with Crippen LogP contribution in [0.5, 0.6) is 0 Å². The van der Waals surface area contributed by atoms with Gasteiger partial charge in [0.15, 0.2) is 0 Å². The van der Waals surface area contributed by atoms with Gasteiger partial charge in [-0.2, -0.15) is 0 Å². The highest BCUT2D eigenvalue weighted by molar-refractivity contribution is 5.75. The van der Waals surface area contributed by atoms with Crippen molar-refractivity contribution in [2.45, 2.75) is 26.2 Å². The summed E-state index contributed by atoms with van der Waals surface area (Å²) in [7, 11) is 0. The van der Waals surface area contributed by atoms with Gasteiger partial charge >= 0.3 is 0 Å². The van der Waals surface area contributed by atoms with Crippen LogP contribution in [0.4, 0.5) is 0 Å². The van der Waals surface area contributed by atoms with E-state index in [1.165, 1.54) is 0 Å². The third-order valence-corrected chi connectivity index (χ3v) is 1.77. The molecule has 0 aromatic rings. The Kier molecular flexibility index (Phi) is 7.20. The number of carbonyl (C=O) groups is 2. The first kappa shape index (κ1) is 12.1. The molecule has 0 unspecified atom stereocenters. The fraction of sp³-hybridized carbons (Fsp3) is 0.778. The fourth-order valence-electron chi connectivity index (χ4n) is 1.11. The van der Waals surface area contributed by atoms with E-state index < -0.39 is 0 Å². The van der Waals surface area contributed by atoms with Crippen LogP contribution in [0.2, 0.25) is 0 Å². The monoisotopic (exact) mass is 186 g/mol. The van der Waals surface area contributed by atoms with Crippen molar-refractivity contribution in [2.24, 2.45) is 5.73 Å². The molecule has 0 spiro atoms. The first-order valence-electron chi connectivity index (χ1n) is 4.65. The molecule has 76 valence electrons. The lowest BCUT2D eigenvalue weighted by atomic mass is 10.3. The van der Waals surface area contributed by atoms with Gasteiger partial charge in [-0.05, 0) is 13.0 Å². The Bertz CT molecular complexity index is 160. The molecule has 0 radical (unpaired) electrons. The Morgan fingerprint density at radius 3 is 2.62 bits per heavy atom. The van der Waals surface area contributed by atoms with E-state index in [0.717, 1.165) is 25.7 Å². The van der Waals surface area contributed by atoms with E-state index >= 15 is 0 Å². The Labute approximate surface area is 79.1 Å². The summed E-state index contributed by atoms with van der Waals surface area (Å²) in [5, 5.41) is 0. The minimum Gasteiger partial charge on any atom is -0.369 e. The molecule has 2 N–H and O–H groups in total. The molecule has 0 bridgehead atoms. The van der Waals surface area contributed by atoms with E-state index in [1.807, 2.05) is 4.90 Å². The highest BCUT2D eigenvalue weighted by Crippen LogP contribution is 1.95. The van der Waals surface area contributed by atoms with Gasteiger partial charge in [-0.3, -0.25) is 9.69 Å². The van der Waals surface area contributed by atoms with E-state index in [2.05, 4.69) is 6.92 Å². The summed E-state index contributed by atoms with van der Waals surface area (Å²) < 4.78 is 0. The van der Waals surface area contributed by atoms with Crippen LogP contribution >= 0.6 is 0 Å². The van der Waals surface area contributed by atoms with E-state index in [-0.39, 0.29) is 12.5 Å². The molecule has 0 aromatic carbocycles. The summed E-state index contributed by atoms with van der Waals surface area (Å²) >= 11 is 0. The molecule has 0 saturated heterocycles. The first-order chi connectivity index (χ1) is 6.20. The van der Waals surface area contributed by atoms with Crippen LogP contribution in [0, 0.1) is 0 Å². The number of amides is 1. The molecular formula is C9H18N2O2. The average Bonchev–Trinajstić information content (AvgIpc) is 2.09. The SMILES string of the molecule is CCCCN(CCC=O)CC(N)=O. The highest BCUT2D eigenvalue weighted by Gasteiger charge is 2.06. The van der Waals surface area contributed by atoms with Crippen LogP contribution in [0.15, 0.2) is 0 Å². The molecule has 0 aromatic heterocycles. The van der Waals surface area contributed by atoms with Crippen molar-refractivity contribution < 1.29 is 9.59 Å². The second kappa shape index (κ2) is 7.73. The standard InChI is InChI=1S/C9H18N2O2/c1-2-3-5-11(6-4-7-12)8-9(10)13/h7H,2-6,8H2,1H3,(H2,10,13). The predicted molar refractivity (Wildman–Crippen MR) is 51.2 cm³/mol. The van der Waals surface area contributed by atoms with Gasteiger partial charge in [0.1, 0.15) is 6.29 Å².